The first-order valence-electron chi connectivity index (χ1n) is 18.3. The SMILES string of the molecule is C.C.C.C.C.C.C.C.C.C.C.C.C.C.C.CC.CC.CC.CC.CC.CCC.CCC.CCC.CCC.CCCC.CCCC.CCCC.CCCC. The van der Waals surface area contributed by atoms with E-state index in [2.05, 4.69) is 111 Å². The molecule has 0 nitrogen and oxygen atoms in total. The molecule has 0 heterocycles. The van der Waals surface area contributed by atoms with E-state index in [1.807, 2.05) is 69.2 Å². The third-order valence-electron chi connectivity index (χ3n) is 2.00. The molecule has 0 aliphatic rings. The molecule has 0 amide bonds. The Balaban J connectivity index is -0.00000000484. The molecule has 0 aliphatic carbocycles. The Morgan fingerprint density at radius 2 is 0.151 bits per heavy atom. The van der Waals surface area contributed by atoms with Gasteiger partial charge in [0.05, 0.1) is 0 Å². The molecule has 0 aromatic rings. The number of hydrogen-bond donors (Lipinski definition) is 0. The van der Waals surface area contributed by atoms with Crippen LogP contribution in [0.15, 0.2) is 0 Å². The molecule has 0 rings (SSSR count). The summed E-state index contributed by atoms with van der Waals surface area (Å²) in [6.45, 7) is 54.4. The summed E-state index contributed by atoms with van der Waals surface area (Å²) in [5.41, 5.74) is 0. The Hall–Kier alpha value is 0. The highest BCUT2D eigenvalue weighted by atomic mass is 13.6. The summed E-state index contributed by atoms with van der Waals surface area (Å²) in [4.78, 5) is 0. The van der Waals surface area contributed by atoms with Crippen LogP contribution in [0, 0.1) is 0 Å². The van der Waals surface area contributed by atoms with E-state index in [0.717, 1.165) is 0 Å². The van der Waals surface area contributed by atoms with Crippen LogP contribution in [0.4, 0.5) is 0 Å². The van der Waals surface area contributed by atoms with Gasteiger partial charge >= 0.3 is 0 Å². The van der Waals surface area contributed by atoms with Crippen molar-refractivity contribution in [2.75, 3.05) is 0 Å². The molecule has 0 radical (unpaired) electrons. The fourth-order valence-corrected chi connectivity index (χ4v) is 0. The molecule has 0 spiro atoms. The average Bonchev–Trinajstić information content (AvgIpc) is 3.00. The van der Waals surface area contributed by atoms with E-state index in [9.17, 15) is 0 Å². The highest BCUT2D eigenvalue weighted by Crippen LogP contribution is 1.78. The van der Waals surface area contributed by atoms with Crippen LogP contribution in [0.1, 0.15) is 368 Å². The van der Waals surface area contributed by atoms with E-state index >= 15 is 0 Å². The second-order valence-corrected chi connectivity index (χ2v) is 6.83. The van der Waals surface area contributed by atoms with E-state index in [4.69, 9.17) is 0 Å². The topological polar surface area (TPSA) is 0 Å². The molecule has 0 aliphatic heterocycles. The van der Waals surface area contributed by atoms with E-state index in [0.29, 0.717) is 0 Å². The largest absolute Gasteiger partial charge is 0.0776 e. The molecule has 53 heavy (non-hydrogen) atoms. The van der Waals surface area contributed by atoms with Crippen molar-refractivity contribution >= 4 is 0 Å². The van der Waals surface area contributed by atoms with Gasteiger partial charge in [-0.3, -0.25) is 0 Å². The third-order valence-corrected chi connectivity index (χ3v) is 2.00. The van der Waals surface area contributed by atoms with Crippen LogP contribution in [0.2, 0.25) is 0 Å². The summed E-state index contributed by atoms with van der Waals surface area (Å²) in [6.07, 6.45) is 15.6. The molecule has 0 aromatic heterocycles. The fraction of sp³-hybridized carbons (Fsp3) is 1.00. The zero-order chi connectivity index (χ0) is 34.5. The molecule has 0 N–H and O–H groups in total. The van der Waals surface area contributed by atoms with E-state index in [1.54, 1.807) is 0 Å². The van der Waals surface area contributed by atoms with E-state index in [-0.39, 0.29) is 111 Å². The van der Waals surface area contributed by atoms with Gasteiger partial charge in [0.2, 0.25) is 0 Å². The van der Waals surface area contributed by atoms with Crippen LogP contribution < -0.4 is 0 Å². The summed E-state index contributed by atoms with van der Waals surface area (Å²) < 4.78 is 0. The first-order valence-corrected chi connectivity index (χ1v) is 18.3. The minimum atomic E-state index is 0. The lowest BCUT2D eigenvalue weighted by Gasteiger charge is -1.68. The molecular formula is C53H162. The van der Waals surface area contributed by atoms with Gasteiger partial charge in [0.25, 0.3) is 0 Å². The molecule has 0 saturated carbocycles. The minimum Gasteiger partial charge on any atom is -0.0776 e. The van der Waals surface area contributed by atoms with Crippen LogP contribution in [0.25, 0.3) is 0 Å². The summed E-state index contributed by atoms with van der Waals surface area (Å²) in [7, 11) is 0. The van der Waals surface area contributed by atoms with Crippen molar-refractivity contribution in [3.05, 3.63) is 0 Å². The predicted molar refractivity (Wildman–Crippen MR) is 304 cm³/mol. The maximum atomic E-state index is 2.18. The Morgan fingerprint density at radius 1 is 0.132 bits per heavy atom. The quantitative estimate of drug-likeness (QED) is 0.266. The normalized spacial score (nSPS) is 4.19. The standard InChI is InChI=1S/4C4H10.4C3H8.5C2H6.15CH4/c4*1-3-4-2;4*1-3-2;5*1-2;;;;;;;;;;;;;;;/h4*3-4H2,1-2H3;4*3H2,1-2H3;5*1-2H3;15*1H4. The first kappa shape index (κ1) is 229. The minimum absolute atomic E-state index is 0. The molecule has 0 atom stereocenters. The molecule has 0 saturated heterocycles. The monoisotopic (exact) mass is 799 g/mol. The van der Waals surface area contributed by atoms with Gasteiger partial charge in [0, 0.05) is 0 Å². The third kappa shape index (κ3) is 8120. The van der Waals surface area contributed by atoms with Gasteiger partial charge in [-0.05, 0) is 0 Å². The van der Waals surface area contributed by atoms with Crippen LogP contribution in [-0.4, -0.2) is 0 Å². The lowest BCUT2D eigenvalue weighted by molar-refractivity contribution is 0.886. The highest BCUT2D eigenvalue weighted by molar-refractivity contribution is 4.13. The van der Waals surface area contributed by atoms with Gasteiger partial charge in [0.15, 0.2) is 0 Å². The zero-order valence-electron chi connectivity index (χ0n) is 34.5. The zero-order valence-corrected chi connectivity index (χ0v) is 34.5. The van der Waals surface area contributed by atoms with Gasteiger partial charge < -0.3 is 0 Å². The molecule has 0 unspecified atom stereocenters. The van der Waals surface area contributed by atoms with Crippen molar-refractivity contribution in [1.29, 1.82) is 0 Å². The maximum Gasteiger partial charge on any atom is -0.0564 e. The van der Waals surface area contributed by atoms with Crippen molar-refractivity contribution < 1.29 is 0 Å². The van der Waals surface area contributed by atoms with Crippen molar-refractivity contribution in [2.24, 2.45) is 0 Å². The van der Waals surface area contributed by atoms with Crippen molar-refractivity contribution in [1.82, 2.24) is 0 Å². The van der Waals surface area contributed by atoms with Crippen molar-refractivity contribution in [3.63, 3.8) is 0 Å². The summed E-state index contributed by atoms with van der Waals surface area (Å²) in [5.74, 6) is 0. The Kier molecular flexibility index (Phi) is 4060. The van der Waals surface area contributed by atoms with E-state index in [1.165, 1.54) is 77.0 Å². The molecule has 0 fully saturated rings. The summed E-state index contributed by atoms with van der Waals surface area (Å²) >= 11 is 0. The Labute approximate surface area is 367 Å². The second-order valence-electron chi connectivity index (χ2n) is 6.83. The van der Waals surface area contributed by atoms with Gasteiger partial charge in [-0.15, -0.1) is 0 Å². The maximum absolute atomic E-state index is 2.18. The van der Waals surface area contributed by atoms with Crippen LogP contribution in [0.3, 0.4) is 0 Å². The molecule has 0 aromatic carbocycles. The number of hydrogen-bond acceptors (Lipinski definition) is 0. The van der Waals surface area contributed by atoms with Gasteiger partial charge in [-0.25, -0.2) is 0 Å². The number of unbranched alkanes of at least 4 members (excludes halogenated alkanes) is 4. The van der Waals surface area contributed by atoms with Gasteiger partial charge in [0.1, 0.15) is 0 Å². The fourth-order valence-electron chi connectivity index (χ4n) is 0. The van der Waals surface area contributed by atoms with Crippen LogP contribution >= 0.6 is 0 Å². The first-order chi connectivity index (χ1) is 18.3. The molecule has 374 valence electrons. The second kappa shape index (κ2) is 939. The highest BCUT2D eigenvalue weighted by Gasteiger charge is 1.57. The van der Waals surface area contributed by atoms with Crippen LogP contribution in [0.5, 0.6) is 0 Å². The predicted octanol–water partition coefficient (Wildman–Crippen LogP) is 27.6. The van der Waals surface area contributed by atoms with Crippen molar-refractivity contribution in [2.45, 2.75) is 368 Å². The number of rotatable bonds is 4. The van der Waals surface area contributed by atoms with Crippen molar-refractivity contribution in [3.8, 4) is 0 Å². The average molecular weight is 800 g/mol. The van der Waals surface area contributed by atoms with Gasteiger partial charge in [-0.2, -0.15) is 0 Å². The summed E-state index contributed by atoms with van der Waals surface area (Å²) in [6, 6.07) is 0. The molecular weight excluding hydrogens is 637 g/mol. The van der Waals surface area contributed by atoms with E-state index < -0.39 is 0 Å². The molecule has 0 bridgehead atoms. The lowest BCUT2D eigenvalue weighted by atomic mass is 10.4. The van der Waals surface area contributed by atoms with Gasteiger partial charge in [-0.1, -0.05) is 368 Å². The molecule has 0 heteroatoms. The van der Waals surface area contributed by atoms with Crippen LogP contribution in [-0.2, 0) is 0 Å². The summed E-state index contributed by atoms with van der Waals surface area (Å²) in [5, 5.41) is 0. The smallest absolute Gasteiger partial charge is 0.0564 e. The Morgan fingerprint density at radius 3 is 0.151 bits per heavy atom. The lowest BCUT2D eigenvalue weighted by Crippen LogP contribution is -1.47. The Bertz CT molecular complexity index is 54.0.